The SMILES string of the molecule is CC(N)S(=O)(=O)O.[Zn]. The van der Waals surface area contributed by atoms with Crippen molar-refractivity contribution in [1.82, 2.24) is 0 Å². The minimum Gasteiger partial charge on any atom is -0.313 e. The quantitative estimate of drug-likeness (QED) is 0.418. The Morgan fingerprint density at radius 2 is 1.75 bits per heavy atom. The summed E-state index contributed by atoms with van der Waals surface area (Å²) in [6.45, 7) is 1.19. The molecule has 0 spiro atoms. The third-order valence-electron chi connectivity index (χ3n) is 0.470. The Morgan fingerprint density at radius 1 is 1.62 bits per heavy atom. The summed E-state index contributed by atoms with van der Waals surface area (Å²) in [7, 11) is -3.96. The van der Waals surface area contributed by atoms with Crippen molar-refractivity contribution in [2.24, 2.45) is 5.73 Å². The number of hydrogen-bond acceptors (Lipinski definition) is 3. The Bertz CT molecular complexity index is 139. The van der Waals surface area contributed by atoms with Gasteiger partial charge in [0.15, 0.2) is 0 Å². The summed E-state index contributed by atoms with van der Waals surface area (Å²) in [6.07, 6.45) is 0. The topological polar surface area (TPSA) is 80.4 Å². The molecule has 0 heterocycles. The van der Waals surface area contributed by atoms with Crippen LogP contribution in [-0.4, -0.2) is 18.3 Å². The van der Waals surface area contributed by atoms with Gasteiger partial charge in [-0.25, -0.2) is 0 Å². The number of nitrogens with two attached hydrogens (primary N) is 1. The number of hydrogen-bond donors (Lipinski definition) is 2. The first-order chi connectivity index (χ1) is 2.94. The van der Waals surface area contributed by atoms with Crippen LogP contribution in [0.1, 0.15) is 6.92 Å². The van der Waals surface area contributed by atoms with E-state index in [1.54, 1.807) is 0 Å². The molecule has 6 heteroatoms. The van der Waals surface area contributed by atoms with E-state index in [0.29, 0.717) is 0 Å². The standard InChI is InChI=1S/C2H7NO3S.Zn/c1-2(3)7(4,5)6;/h2H,3H2,1H3,(H,4,5,6);. The van der Waals surface area contributed by atoms with Gasteiger partial charge in [-0.3, -0.25) is 4.55 Å². The molecular formula is C2H7NO3SZn. The Hall–Kier alpha value is 0.493. The summed E-state index contributed by atoms with van der Waals surface area (Å²) in [6, 6.07) is 0. The van der Waals surface area contributed by atoms with E-state index in [1.807, 2.05) is 0 Å². The molecule has 0 fully saturated rings. The summed E-state index contributed by atoms with van der Waals surface area (Å²) >= 11 is 0. The first-order valence-corrected chi connectivity index (χ1v) is 3.17. The largest absolute Gasteiger partial charge is 0.313 e. The molecule has 0 bridgehead atoms. The van der Waals surface area contributed by atoms with Crippen molar-refractivity contribution in [3.8, 4) is 0 Å². The molecule has 8 heavy (non-hydrogen) atoms. The van der Waals surface area contributed by atoms with Crippen molar-refractivity contribution in [2.75, 3.05) is 0 Å². The van der Waals surface area contributed by atoms with Crippen LogP contribution in [0.15, 0.2) is 0 Å². The average molecular weight is 191 g/mol. The summed E-state index contributed by atoms with van der Waals surface area (Å²) in [4.78, 5) is 0. The summed E-state index contributed by atoms with van der Waals surface area (Å²) in [5.74, 6) is 0. The van der Waals surface area contributed by atoms with Gasteiger partial charge in [0.1, 0.15) is 5.37 Å². The summed E-state index contributed by atoms with van der Waals surface area (Å²) < 4.78 is 27.5. The summed E-state index contributed by atoms with van der Waals surface area (Å²) in [5.41, 5.74) is 4.73. The summed E-state index contributed by atoms with van der Waals surface area (Å²) in [5, 5.41) is -1.17. The van der Waals surface area contributed by atoms with Gasteiger partial charge in [-0.2, -0.15) is 8.42 Å². The molecule has 0 amide bonds. The molecule has 0 saturated heterocycles. The third-order valence-corrected chi connectivity index (χ3v) is 1.41. The average Bonchev–Trinajstić information content (AvgIpc) is 1.31. The first-order valence-electron chi connectivity index (χ1n) is 1.66. The van der Waals surface area contributed by atoms with E-state index >= 15 is 0 Å². The van der Waals surface area contributed by atoms with E-state index in [-0.39, 0.29) is 19.5 Å². The molecule has 0 aliphatic rings. The zero-order valence-electron chi connectivity index (χ0n) is 4.53. The normalized spacial score (nSPS) is 14.4. The van der Waals surface area contributed by atoms with Gasteiger partial charge in [-0.1, -0.05) is 0 Å². The minimum absolute atomic E-state index is 0. The fourth-order valence-electron chi connectivity index (χ4n) is 0. The molecule has 0 rings (SSSR count). The molecule has 4 nitrogen and oxygen atoms in total. The predicted octanol–water partition coefficient (Wildman–Crippen LogP) is -0.824. The van der Waals surface area contributed by atoms with Gasteiger partial charge in [0.25, 0.3) is 10.1 Å². The van der Waals surface area contributed by atoms with Gasteiger partial charge < -0.3 is 5.73 Å². The predicted molar refractivity (Wildman–Crippen MR) is 25.2 cm³/mol. The van der Waals surface area contributed by atoms with E-state index in [9.17, 15) is 8.42 Å². The fraction of sp³-hybridized carbons (Fsp3) is 1.00. The zero-order chi connectivity index (χ0) is 6.08. The Labute approximate surface area is 61.0 Å². The Kier molecular flexibility index (Phi) is 4.96. The zero-order valence-corrected chi connectivity index (χ0v) is 8.32. The molecule has 0 aromatic carbocycles. The van der Waals surface area contributed by atoms with Crippen molar-refractivity contribution in [3.05, 3.63) is 0 Å². The van der Waals surface area contributed by atoms with Crippen LogP contribution in [-0.2, 0) is 29.6 Å². The molecule has 0 aliphatic carbocycles. The van der Waals surface area contributed by atoms with Crippen molar-refractivity contribution in [2.45, 2.75) is 12.3 Å². The second kappa shape index (κ2) is 3.51. The van der Waals surface area contributed by atoms with Crippen LogP contribution in [0.4, 0.5) is 0 Å². The maximum atomic E-state index is 9.76. The number of rotatable bonds is 1. The van der Waals surface area contributed by atoms with E-state index in [2.05, 4.69) is 0 Å². The smallest absolute Gasteiger partial charge is 0.280 e. The van der Waals surface area contributed by atoms with Crippen LogP contribution < -0.4 is 5.73 Å². The minimum atomic E-state index is -3.96. The van der Waals surface area contributed by atoms with E-state index in [4.69, 9.17) is 10.3 Å². The van der Waals surface area contributed by atoms with Gasteiger partial charge >= 0.3 is 0 Å². The van der Waals surface area contributed by atoms with Crippen LogP contribution in [0.5, 0.6) is 0 Å². The second-order valence-electron chi connectivity index (χ2n) is 1.22. The molecule has 0 aliphatic heterocycles. The maximum Gasteiger partial charge on any atom is 0.280 e. The van der Waals surface area contributed by atoms with Crippen molar-refractivity contribution in [1.29, 1.82) is 0 Å². The van der Waals surface area contributed by atoms with Crippen LogP contribution in [0.2, 0.25) is 0 Å². The molecule has 0 aromatic rings. The van der Waals surface area contributed by atoms with Gasteiger partial charge in [-0.15, -0.1) is 0 Å². The van der Waals surface area contributed by atoms with Crippen molar-refractivity contribution >= 4 is 10.1 Å². The molecule has 0 radical (unpaired) electrons. The Balaban J connectivity index is 0. The second-order valence-corrected chi connectivity index (χ2v) is 2.99. The van der Waals surface area contributed by atoms with Crippen LogP contribution in [0, 0.1) is 0 Å². The molecule has 1 unspecified atom stereocenters. The molecular weight excluding hydrogens is 183 g/mol. The van der Waals surface area contributed by atoms with Crippen molar-refractivity contribution < 1.29 is 32.4 Å². The Morgan fingerprint density at radius 3 is 1.75 bits per heavy atom. The molecule has 0 saturated carbocycles. The van der Waals surface area contributed by atoms with Crippen LogP contribution >= 0.6 is 0 Å². The van der Waals surface area contributed by atoms with E-state index < -0.39 is 15.5 Å². The molecule has 46 valence electrons. The maximum absolute atomic E-state index is 9.76. The molecule has 1 atom stereocenters. The third kappa shape index (κ3) is 4.65. The molecule has 0 aromatic heterocycles. The fourth-order valence-corrected chi connectivity index (χ4v) is 0. The molecule has 3 N–H and O–H groups in total. The monoisotopic (exact) mass is 189 g/mol. The van der Waals surface area contributed by atoms with Crippen LogP contribution in [0.25, 0.3) is 0 Å². The van der Waals surface area contributed by atoms with E-state index in [1.165, 1.54) is 6.92 Å². The van der Waals surface area contributed by atoms with Gasteiger partial charge in [0.05, 0.1) is 0 Å². The van der Waals surface area contributed by atoms with Crippen molar-refractivity contribution in [3.63, 3.8) is 0 Å². The van der Waals surface area contributed by atoms with Crippen LogP contribution in [0.3, 0.4) is 0 Å². The first kappa shape index (κ1) is 11.3. The van der Waals surface area contributed by atoms with Gasteiger partial charge in [0.2, 0.25) is 0 Å². The van der Waals surface area contributed by atoms with E-state index in [0.717, 1.165) is 0 Å². The van der Waals surface area contributed by atoms with Gasteiger partial charge in [-0.05, 0) is 6.92 Å². The van der Waals surface area contributed by atoms with Gasteiger partial charge in [0, 0.05) is 19.5 Å².